The molecule has 6 nitrogen and oxygen atoms in total. The van der Waals surface area contributed by atoms with Crippen LogP contribution < -0.4 is 11.1 Å². The molecular formula is C10H10N6S. The lowest BCUT2D eigenvalue weighted by Gasteiger charge is -2.07. The highest BCUT2D eigenvalue weighted by atomic mass is 32.1. The first-order chi connectivity index (χ1) is 8.27. The zero-order valence-corrected chi connectivity index (χ0v) is 9.68. The van der Waals surface area contributed by atoms with Crippen molar-refractivity contribution in [2.45, 2.75) is 6.54 Å². The van der Waals surface area contributed by atoms with E-state index in [4.69, 9.17) is 18.0 Å². The van der Waals surface area contributed by atoms with E-state index in [0.717, 1.165) is 5.69 Å². The normalized spacial score (nSPS) is 9.88. The molecule has 0 saturated heterocycles. The molecule has 0 bridgehead atoms. The van der Waals surface area contributed by atoms with E-state index in [1.165, 1.54) is 0 Å². The molecule has 17 heavy (non-hydrogen) atoms. The van der Waals surface area contributed by atoms with Gasteiger partial charge in [0.05, 0.1) is 12.2 Å². The van der Waals surface area contributed by atoms with Gasteiger partial charge in [-0.2, -0.15) is 10.2 Å². The number of aromatic nitrogens is 4. The standard InChI is InChI=1S/C10H10N6S/c11-9(17)8-10(13-5-4-12-8)14-6-7-2-1-3-15-16-7/h1-5H,6H2,(H2,11,17)(H,13,14). The SMILES string of the molecule is NC(=S)c1nccnc1NCc1cccnn1. The summed E-state index contributed by atoms with van der Waals surface area (Å²) < 4.78 is 0. The third-order valence-electron chi connectivity index (χ3n) is 2.00. The van der Waals surface area contributed by atoms with Gasteiger partial charge >= 0.3 is 0 Å². The van der Waals surface area contributed by atoms with Gasteiger partial charge in [-0.05, 0) is 12.1 Å². The van der Waals surface area contributed by atoms with E-state index in [9.17, 15) is 0 Å². The molecule has 0 aliphatic carbocycles. The predicted octanol–water partition coefficient (Wildman–Crippen LogP) is 0.513. The zero-order chi connectivity index (χ0) is 12.1. The van der Waals surface area contributed by atoms with Crippen molar-refractivity contribution in [1.82, 2.24) is 20.2 Å². The number of nitrogens with one attached hydrogen (secondary N) is 1. The van der Waals surface area contributed by atoms with Crippen LogP contribution >= 0.6 is 12.2 Å². The van der Waals surface area contributed by atoms with Crippen LogP contribution in [0.15, 0.2) is 30.7 Å². The lowest BCUT2D eigenvalue weighted by atomic mass is 10.3. The molecule has 0 atom stereocenters. The van der Waals surface area contributed by atoms with Gasteiger partial charge in [-0.15, -0.1) is 0 Å². The second-order valence-corrected chi connectivity index (χ2v) is 3.63. The van der Waals surface area contributed by atoms with E-state index >= 15 is 0 Å². The number of hydrogen-bond acceptors (Lipinski definition) is 6. The highest BCUT2D eigenvalue weighted by Gasteiger charge is 2.07. The van der Waals surface area contributed by atoms with E-state index in [0.29, 0.717) is 18.1 Å². The van der Waals surface area contributed by atoms with Crippen molar-refractivity contribution in [2.75, 3.05) is 5.32 Å². The molecular weight excluding hydrogens is 236 g/mol. The van der Waals surface area contributed by atoms with E-state index in [1.54, 1.807) is 18.6 Å². The second kappa shape index (κ2) is 5.26. The van der Waals surface area contributed by atoms with Gasteiger partial charge in [0.15, 0.2) is 5.82 Å². The highest BCUT2D eigenvalue weighted by Crippen LogP contribution is 2.08. The largest absolute Gasteiger partial charge is 0.388 e. The molecule has 0 aliphatic rings. The van der Waals surface area contributed by atoms with Crippen LogP contribution in [0.25, 0.3) is 0 Å². The first-order valence-electron chi connectivity index (χ1n) is 4.88. The molecule has 2 rings (SSSR count). The average Bonchev–Trinajstić information content (AvgIpc) is 2.38. The number of hydrogen-bond donors (Lipinski definition) is 2. The molecule has 0 amide bonds. The van der Waals surface area contributed by atoms with Crippen molar-refractivity contribution in [3.05, 3.63) is 42.1 Å². The maximum atomic E-state index is 5.54. The molecule has 2 aromatic rings. The molecule has 7 heteroatoms. The summed E-state index contributed by atoms with van der Waals surface area (Å²) in [6.07, 6.45) is 4.73. The van der Waals surface area contributed by atoms with E-state index < -0.39 is 0 Å². The van der Waals surface area contributed by atoms with E-state index in [2.05, 4.69) is 25.5 Å². The fourth-order valence-electron chi connectivity index (χ4n) is 1.25. The summed E-state index contributed by atoms with van der Waals surface area (Å²) in [6, 6.07) is 3.67. The molecule has 0 saturated carbocycles. The third kappa shape index (κ3) is 2.91. The summed E-state index contributed by atoms with van der Waals surface area (Å²) in [5.74, 6) is 0.547. The molecule has 0 aromatic carbocycles. The van der Waals surface area contributed by atoms with Crippen LogP contribution in [-0.2, 0) is 6.54 Å². The van der Waals surface area contributed by atoms with Crippen LogP contribution in [-0.4, -0.2) is 25.2 Å². The molecule has 86 valence electrons. The Hall–Kier alpha value is -2.15. The van der Waals surface area contributed by atoms with E-state index in [-0.39, 0.29) is 4.99 Å². The minimum Gasteiger partial charge on any atom is -0.388 e. The van der Waals surface area contributed by atoms with Gasteiger partial charge in [-0.25, -0.2) is 9.97 Å². The quantitative estimate of drug-likeness (QED) is 0.760. The number of nitrogens with zero attached hydrogens (tertiary/aromatic N) is 4. The Bertz CT molecular complexity index is 515. The Balaban J connectivity index is 2.12. The van der Waals surface area contributed by atoms with Crippen LogP contribution in [0.1, 0.15) is 11.4 Å². The lowest BCUT2D eigenvalue weighted by molar-refractivity contribution is 0.918. The Morgan fingerprint density at radius 1 is 1.29 bits per heavy atom. The first-order valence-corrected chi connectivity index (χ1v) is 5.29. The Morgan fingerprint density at radius 3 is 2.82 bits per heavy atom. The molecule has 0 spiro atoms. The fraction of sp³-hybridized carbons (Fsp3) is 0.100. The summed E-state index contributed by atoms with van der Waals surface area (Å²) in [4.78, 5) is 8.40. The predicted molar refractivity (Wildman–Crippen MR) is 67.3 cm³/mol. The summed E-state index contributed by atoms with van der Waals surface area (Å²) >= 11 is 4.89. The number of anilines is 1. The monoisotopic (exact) mass is 246 g/mol. The summed E-state index contributed by atoms with van der Waals surface area (Å²) in [7, 11) is 0. The topological polar surface area (TPSA) is 89.6 Å². The van der Waals surface area contributed by atoms with Crippen LogP contribution in [0.3, 0.4) is 0 Å². The molecule has 2 aromatic heterocycles. The molecule has 0 aliphatic heterocycles. The second-order valence-electron chi connectivity index (χ2n) is 3.19. The van der Waals surface area contributed by atoms with Crippen LogP contribution in [0, 0.1) is 0 Å². The third-order valence-corrected chi connectivity index (χ3v) is 2.19. The number of thiocarbonyl (C=S) groups is 1. The van der Waals surface area contributed by atoms with Gasteiger partial charge in [-0.3, -0.25) is 0 Å². The number of rotatable bonds is 4. The van der Waals surface area contributed by atoms with Crippen molar-refractivity contribution in [1.29, 1.82) is 0 Å². The molecule has 3 N–H and O–H groups in total. The van der Waals surface area contributed by atoms with Gasteiger partial charge in [0.25, 0.3) is 0 Å². The van der Waals surface area contributed by atoms with Gasteiger partial charge in [0.1, 0.15) is 10.7 Å². The van der Waals surface area contributed by atoms with Gasteiger partial charge < -0.3 is 11.1 Å². The Labute approximate surface area is 103 Å². The Morgan fingerprint density at radius 2 is 2.12 bits per heavy atom. The fourth-order valence-corrected chi connectivity index (χ4v) is 1.40. The van der Waals surface area contributed by atoms with Gasteiger partial charge in [0.2, 0.25) is 0 Å². The van der Waals surface area contributed by atoms with E-state index in [1.807, 2.05) is 12.1 Å². The summed E-state index contributed by atoms with van der Waals surface area (Å²) in [6.45, 7) is 0.488. The van der Waals surface area contributed by atoms with Crippen LogP contribution in [0.2, 0.25) is 0 Å². The van der Waals surface area contributed by atoms with Gasteiger partial charge in [0, 0.05) is 18.6 Å². The lowest BCUT2D eigenvalue weighted by Crippen LogP contribution is -2.16. The minimum atomic E-state index is 0.208. The Kier molecular flexibility index (Phi) is 3.51. The minimum absolute atomic E-state index is 0.208. The molecule has 2 heterocycles. The van der Waals surface area contributed by atoms with Crippen molar-refractivity contribution < 1.29 is 0 Å². The smallest absolute Gasteiger partial charge is 0.155 e. The van der Waals surface area contributed by atoms with Crippen LogP contribution in [0.4, 0.5) is 5.82 Å². The first kappa shape index (κ1) is 11.3. The van der Waals surface area contributed by atoms with Crippen molar-refractivity contribution >= 4 is 23.0 Å². The average molecular weight is 246 g/mol. The van der Waals surface area contributed by atoms with Crippen molar-refractivity contribution in [3.63, 3.8) is 0 Å². The van der Waals surface area contributed by atoms with Crippen LogP contribution in [0.5, 0.6) is 0 Å². The van der Waals surface area contributed by atoms with Crippen molar-refractivity contribution in [3.8, 4) is 0 Å². The zero-order valence-electron chi connectivity index (χ0n) is 8.87. The maximum absolute atomic E-state index is 5.54. The highest BCUT2D eigenvalue weighted by molar-refractivity contribution is 7.80. The molecule has 0 radical (unpaired) electrons. The molecule has 0 unspecified atom stereocenters. The van der Waals surface area contributed by atoms with Gasteiger partial charge in [-0.1, -0.05) is 12.2 Å². The molecule has 0 fully saturated rings. The van der Waals surface area contributed by atoms with Crippen molar-refractivity contribution in [2.24, 2.45) is 5.73 Å². The number of nitrogens with two attached hydrogens (primary N) is 1. The summed E-state index contributed by atoms with van der Waals surface area (Å²) in [5, 5.41) is 10.8. The summed E-state index contributed by atoms with van der Waals surface area (Å²) in [5.41, 5.74) is 6.82. The maximum Gasteiger partial charge on any atom is 0.155 e.